The molecule has 3 heteroatoms. The molecule has 74 valence electrons. The van der Waals surface area contributed by atoms with Crippen LogP contribution in [0.25, 0.3) is 0 Å². The van der Waals surface area contributed by atoms with Crippen molar-refractivity contribution in [2.45, 2.75) is 26.3 Å². The fourth-order valence-electron chi connectivity index (χ4n) is 1.07. The molecule has 0 aliphatic rings. The topological polar surface area (TPSA) is 33.3 Å². The molecular formula is C9H22N2O. The highest BCUT2D eigenvalue weighted by atomic mass is 16.5. The molecule has 3 nitrogen and oxygen atoms in total. The van der Waals surface area contributed by atoms with Crippen LogP contribution in [-0.4, -0.2) is 39.4 Å². The van der Waals surface area contributed by atoms with Crippen molar-refractivity contribution in [2.24, 2.45) is 0 Å². The van der Waals surface area contributed by atoms with Gasteiger partial charge in [0.15, 0.2) is 0 Å². The first-order valence-corrected chi connectivity index (χ1v) is 4.74. The van der Waals surface area contributed by atoms with Crippen LogP contribution < -0.4 is 10.6 Å². The zero-order valence-electron chi connectivity index (χ0n) is 8.52. The van der Waals surface area contributed by atoms with Crippen LogP contribution in [0.1, 0.15) is 20.3 Å². The molecule has 0 fully saturated rings. The van der Waals surface area contributed by atoms with E-state index in [4.69, 9.17) is 4.74 Å². The van der Waals surface area contributed by atoms with Gasteiger partial charge in [-0.2, -0.15) is 0 Å². The molecule has 0 aliphatic carbocycles. The number of hydrogen-bond donors (Lipinski definition) is 2. The molecule has 0 aromatic carbocycles. The van der Waals surface area contributed by atoms with Gasteiger partial charge in [-0.1, -0.05) is 6.92 Å². The molecule has 0 heterocycles. The van der Waals surface area contributed by atoms with E-state index in [1.165, 1.54) is 6.42 Å². The standard InChI is InChI=1S/C9H22N2O/c1-4-11-9(2)5-6-10-7-8-12-3/h9-11H,4-8H2,1-3H3. The molecule has 0 saturated heterocycles. The molecule has 0 radical (unpaired) electrons. The maximum Gasteiger partial charge on any atom is 0.0587 e. The zero-order chi connectivity index (χ0) is 9.23. The lowest BCUT2D eigenvalue weighted by atomic mass is 10.2. The largest absolute Gasteiger partial charge is 0.383 e. The molecule has 12 heavy (non-hydrogen) atoms. The Morgan fingerprint density at radius 2 is 2.08 bits per heavy atom. The third kappa shape index (κ3) is 7.98. The van der Waals surface area contributed by atoms with Gasteiger partial charge in [0, 0.05) is 19.7 Å². The number of rotatable bonds is 8. The molecule has 0 aliphatic heterocycles. The van der Waals surface area contributed by atoms with Crippen molar-refractivity contribution in [3.05, 3.63) is 0 Å². The van der Waals surface area contributed by atoms with E-state index in [0.29, 0.717) is 6.04 Å². The molecule has 0 bridgehead atoms. The third-order valence-electron chi connectivity index (χ3n) is 1.79. The van der Waals surface area contributed by atoms with Gasteiger partial charge >= 0.3 is 0 Å². The average Bonchev–Trinajstić information content (AvgIpc) is 2.05. The molecule has 0 aromatic rings. The summed E-state index contributed by atoms with van der Waals surface area (Å²) in [6, 6.07) is 0.616. The molecule has 0 amide bonds. The summed E-state index contributed by atoms with van der Waals surface area (Å²) in [5.41, 5.74) is 0. The van der Waals surface area contributed by atoms with Crippen LogP contribution in [0, 0.1) is 0 Å². The summed E-state index contributed by atoms with van der Waals surface area (Å²) in [6.45, 7) is 8.22. The monoisotopic (exact) mass is 174 g/mol. The van der Waals surface area contributed by atoms with Crippen LogP contribution in [0.5, 0.6) is 0 Å². The summed E-state index contributed by atoms with van der Waals surface area (Å²) >= 11 is 0. The first kappa shape index (κ1) is 11.9. The predicted molar refractivity (Wildman–Crippen MR) is 52.5 cm³/mol. The lowest BCUT2D eigenvalue weighted by molar-refractivity contribution is 0.199. The zero-order valence-corrected chi connectivity index (χ0v) is 8.52. The van der Waals surface area contributed by atoms with Gasteiger partial charge in [-0.05, 0) is 26.4 Å². The second-order valence-corrected chi connectivity index (χ2v) is 2.99. The fraction of sp³-hybridized carbons (Fsp3) is 1.00. The van der Waals surface area contributed by atoms with Gasteiger partial charge in [0.1, 0.15) is 0 Å². The number of nitrogens with one attached hydrogen (secondary N) is 2. The summed E-state index contributed by atoms with van der Waals surface area (Å²) in [5, 5.41) is 6.68. The van der Waals surface area contributed by atoms with E-state index >= 15 is 0 Å². The van der Waals surface area contributed by atoms with Crippen LogP contribution in [0.2, 0.25) is 0 Å². The minimum atomic E-state index is 0.616. The molecule has 1 atom stereocenters. The first-order chi connectivity index (χ1) is 5.81. The molecule has 0 saturated carbocycles. The Balaban J connectivity index is 2.97. The number of hydrogen-bond acceptors (Lipinski definition) is 3. The van der Waals surface area contributed by atoms with Gasteiger partial charge in [0.2, 0.25) is 0 Å². The van der Waals surface area contributed by atoms with Crippen LogP contribution in [0.3, 0.4) is 0 Å². The minimum Gasteiger partial charge on any atom is -0.383 e. The quantitative estimate of drug-likeness (QED) is 0.529. The average molecular weight is 174 g/mol. The second kappa shape index (κ2) is 8.97. The highest BCUT2D eigenvalue weighted by Crippen LogP contribution is 1.86. The predicted octanol–water partition coefficient (Wildman–Crippen LogP) is 0.611. The van der Waals surface area contributed by atoms with E-state index in [-0.39, 0.29) is 0 Å². The summed E-state index contributed by atoms with van der Waals surface area (Å²) in [7, 11) is 1.73. The van der Waals surface area contributed by atoms with E-state index in [9.17, 15) is 0 Å². The normalized spacial score (nSPS) is 13.2. The van der Waals surface area contributed by atoms with E-state index < -0.39 is 0 Å². The maximum absolute atomic E-state index is 4.92. The van der Waals surface area contributed by atoms with Crippen molar-refractivity contribution in [2.75, 3.05) is 33.4 Å². The smallest absolute Gasteiger partial charge is 0.0587 e. The van der Waals surface area contributed by atoms with Gasteiger partial charge < -0.3 is 15.4 Å². The van der Waals surface area contributed by atoms with E-state index in [2.05, 4.69) is 24.5 Å². The van der Waals surface area contributed by atoms with Gasteiger partial charge in [-0.15, -0.1) is 0 Å². The van der Waals surface area contributed by atoms with Gasteiger partial charge in [-0.3, -0.25) is 0 Å². The molecule has 0 rings (SSSR count). The molecule has 2 N–H and O–H groups in total. The van der Waals surface area contributed by atoms with Crippen molar-refractivity contribution in [1.82, 2.24) is 10.6 Å². The van der Waals surface area contributed by atoms with Crippen molar-refractivity contribution >= 4 is 0 Å². The maximum atomic E-state index is 4.92. The van der Waals surface area contributed by atoms with Crippen molar-refractivity contribution in [1.29, 1.82) is 0 Å². The lowest BCUT2D eigenvalue weighted by Gasteiger charge is -2.12. The molecule has 0 aromatic heterocycles. The Bertz CT molecular complexity index is 88.6. The SMILES string of the molecule is CCNC(C)CCNCCOC. The van der Waals surface area contributed by atoms with E-state index in [0.717, 1.165) is 26.2 Å². The van der Waals surface area contributed by atoms with Crippen LogP contribution in [0.4, 0.5) is 0 Å². The Morgan fingerprint density at radius 3 is 2.67 bits per heavy atom. The molecule has 0 spiro atoms. The Morgan fingerprint density at radius 1 is 1.33 bits per heavy atom. The Kier molecular flexibility index (Phi) is 8.88. The summed E-state index contributed by atoms with van der Waals surface area (Å²) in [6.07, 6.45) is 1.18. The lowest BCUT2D eigenvalue weighted by Crippen LogP contribution is -2.30. The Hall–Kier alpha value is -0.120. The Labute approximate surface area is 75.9 Å². The highest BCUT2D eigenvalue weighted by Gasteiger charge is 1.97. The van der Waals surface area contributed by atoms with Crippen LogP contribution in [-0.2, 0) is 4.74 Å². The van der Waals surface area contributed by atoms with Crippen molar-refractivity contribution in [3.8, 4) is 0 Å². The van der Waals surface area contributed by atoms with Crippen molar-refractivity contribution < 1.29 is 4.74 Å². The van der Waals surface area contributed by atoms with Gasteiger partial charge in [0.05, 0.1) is 6.61 Å². The fourth-order valence-corrected chi connectivity index (χ4v) is 1.07. The van der Waals surface area contributed by atoms with Crippen molar-refractivity contribution in [3.63, 3.8) is 0 Å². The number of ether oxygens (including phenoxy) is 1. The van der Waals surface area contributed by atoms with Crippen LogP contribution >= 0.6 is 0 Å². The van der Waals surface area contributed by atoms with Crippen LogP contribution in [0.15, 0.2) is 0 Å². The summed E-state index contributed by atoms with van der Waals surface area (Å²) in [4.78, 5) is 0. The van der Waals surface area contributed by atoms with Gasteiger partial charge in [0.25, 0.3) is 0 Å². The molecule has 1 unspecified atom stereocenters. The second-order valence-electron chi connectivity index (χ2n) is 2.99. The molecular weight excluding hydrogens is 152 g/mol. The highest BCUT2D eigenvalue weighted by molar-refractivity contribution is 4.60. The van der Waals surface area contributed by atoms with Gasteiger partial charge in [-0.25, -0.2) is 0 Å². The number of methoxy groups -OCH3 is 1. The summed E-state index contributed by atoms with van der Waals surface area (Å²) < 4.78 is 4.92. The first-order valence-electron chi connectivity index (χ1n) is 4.74. The third-order valence-corrected chi connectivity index (χ3v) is 1.79. The summed E-state index contributed by atoms with van der Waals surface area (Å²) in [5.74, 6) is 0. The van der Waals surface area contributed by atoms with E-state index in [1.807, 2.05) is 0 Å². The minimum absolute atomic E-state index is 0.616. The van der Waals surface area contributed by atoms with E-state index in [1.54, 1.807) is 7.11 Å².